The van der Waals surface area contributed by atoms with E-state index in [0.29, 0.717) is 5.56 Å². The van der Waals surface area contributed by atoms with Gasteiger partial charge in [-0.15, -0.1) is 0 Å². The lowest BCUT2D eigenvalue weighted by atomic mass is 10.1. The minimum absolute atomic E-state index is 0.104. The molecule has 21 heavy (non-hydrogen) atoms. The van der Waals surface area contributed by atoms with Crippen LogP contribution in [-0.4, -0.2) is 10.9 Å². The number of benzene rings is 2. The number of anilines is 1. The topological polar surface area (TPSA) is 42.0 Å². The van der Waals surface area contributed by atoms with E-state index in [2.05, 4.69) is 10.3 Å². The fraction of sp³-hybridized carbons (Fsp3) is 0.111. The number of hydrogen-bond acceptors (Lipinski definition) is 2. The molecular formula is C18H16N2O. The van der Waals surface area contributed by atoms with Crippen molar-refractivity contribution in [2.24, 2.45) is 0 Å². The third-order valence-electron chi connectivity index (χ3n) is 3.43. The molecule has 0 spiro atoms. The Morgan fingerprint density at radius 2 is 1.81 bits per heavy atom. The molecule has 0 fully saturated rings. The Kier molecular flexibility index (Phi) is 3.40. The van der Waals surface area contributed by atoms with Gasteiger partial charge in [-0.3, -0.25) is 9.78 Å². The van der Waals surface area contributed by atoms with Crippen LogP contribution in [0, 0.1) is 13.8 Å². The summed E-state index contributed by atoms with van der Waals surface area (Å²) in [7, 11) is 0. The zero-order chi connectivity index (χ0) is 14.8. The minimum Gasteiger partial charge on any atom is -0.321 e. The van der Waals surface area contributed by atoms with Crippen molar-refractivity contribution in [1.82, 2.24) is 4.98 Å². The van der Waals surface area contributed by atoms with Crippen molar-refractivity contribution in [3.63, 3.8) is 0 Å². The van der Waals surface area contributed by atoms with Gasteiger partial charge in [0.05, 0.1) is 11.2 Å². The Morgan fingerprint density at radius 3 is 2.62 bits per heavy atom. The maximum Gasteiger partial charge on any atom is 0.255 e. The van der Waals surface area contributed by atoms with Gasteiger partial charge in [-0.1, -0.05) is 29.3 Å². The molecule has 0 saturated carbocycles. The predicted molar refractivity (Wildman–Crippen MR) is 85.6 cm³/mol. The molecule has 1 N–H and O–H groups in total. The molecule has 1 amide bonds. The van der Waals surface area contributed by atoms with Gasteiger partial charge in [-0.25, -0.2) is 0 Å². The summed E-state index contributed by atoms with van der Waals surface area (Å²) in [4.78, 5) is 16.7. The molecule has 104 valence electrons. The van der Waals surface area contributed by atoms with Crippen LogP contribution in [0.15, 0.2) is 54.7 Å². The summed E-state index contributed by atoms with van der Waals surface area (Å²) < 4.78 is 0. The standard InChI is InChI=1S/C18H16N2O/c1-12-4-3-5-14(10-12)18(21)20-17-8-9-19-16-7-6-13(2)11-15(16)17/h3-11H,1-2H3,(H,19,20,21). The van der Waals surface area contributed by atoms with Gasteiger partial charge in [0.2, 0.25) is 0 Å². The highest BCUT2D eigenvalue weighted by molar-refractivity contribution is 6.08. The van der Waals surface area contributed by atoms with Crippen LogP contribution < -0.4 is 5.32 Å². The number of carbonyl (C=O) groups is 1. The number of aryl methyl sites for hydroxylation is 2. The van der Waals surface area contributed by atoms with Gasteiger partial charge in [0, 0.05) is 17.1 Å². The molecule has 0 bridgehead atoms. The maximum absolute atomic E-state index is 12.4. The molecule has 0 radical (unpaired) electrons. The lowest BCUT2D eigenvalue weighted by Crippen LogP contribution is -2.12. The summed E-state index contributed by atoms with van der Waals surface area (Å²) in [6.45, 7) is 4.00. The second-order valence-electron chi connectivity index (χ2n) is 5.20. The van der Waals surface area contributed by atoms with Crippen LogP contribution in [0.1, 0.15) is 21.5 Å². The van der Waals surface area contributed by atoms with E-state index in [4.69, 9.17) is 0 Å². The SMILES string of the molecule is Cc1cccc(C(=O)Nc2ccnc3ccc(C)cc23)c1. The van der Waals surface area contributed by atoms with Crippen LogP contribution in [0.25, 0.3) is 10.9 Å². The third kappa shape index (κ3) is 2.77. The fourth-order valence-electron chi connectivity index (χ4n) is 2.35. The number of carbonyl (C=O) groups excluding carboxylic acids is 1. The van der Waals surface area contributed by atoms with Gasteiger partial charge in [-0.2, -0.15) is 0 Å². The van der Waals surface area contributed by atoms with Crippen LogP contribution in [0.2, 0.25) is 0 Å². The van der Waals surface area contributed by atoms with Crippen molar-refractivity contribution >= 4 is 22.5 Å². The number of nitrogens with one attached hydrogen (secondary N) is 1. The van der Waals surface area contributed by atoms with Crippen LogP contribution in [0.3, 0.4) is 0 Å². The van der Waals surface area contributed by atoms with Crippen LogP contribution in [-0.2, 0) is 0 Å². The number of nitrogens with zero attached hydrogens (tertiary/aromatic N) is 1. The number of rotatable bonds is 2. The van der Waals surface area contributed by atoms with Gasteiger partial charge in [-0.05, 0) is 44.2 Å². The molecule has 0 aliphatic heterocycles. The van der Waals surface area contributed by atoms with Gasteiger partial charge >= 0.3 is 0 Å². The summed E-state index contributed by atoms with van der Waals surface area (Å²) in [5.74, 6) is -0.104. The van der Waals surface area contributed by atoms with Crippen LogP contribution in [0.4, 0.5) is 5.69 Å². The monoisotopic (exact) mass is 276 g/mol. The van der Waals surface area contributed by atoms with E-state index in [0.717, 1.165) is 27.7 Å². The molecule has 2 aromatic carbocycles. The molecule has 3 rings (SSSR count). The Balaban J connectivity index is 1.98. The van der Waals surface area contributed by atoms with E-state index in [9.17, 15) is 4.79 Å². The molecule has 3 nitrogen and oxygen atoms in total. The van der Waals surface area contributed by atoms with Crippen molar-refractivity contribution in [1.29, 1.82) is 0 Å². The van der Waals surface area contributed by atoms with Crippen LogP contribution >= 0.6 is 0 Å². The molecule has 0 saturated heterocycles. The first kappa shape index (κ1) is 13.3. The zero-order valence-electron chi connectivity index (χ0n) is 12.1. The molecule has 0 unspecified atom stereocenters. The maximum atomic E-state index is 12.4. The summed E-state index contributed by atoms with van der Waals surface area (Å²) in [5, 5.41) is 3.93. The molecule has 1 aromatic heterocycles. The number of fused-ring (bicyclic) bond motifs is 1. The molecule has 0 aliphatic carbocycles. The van der Waals surface area contributed by atoms with E-state index in [1.165, 1.54) is 0 Å². The van der Waals surface area contributed by atoms with Gasteiger partial charge in [0.15, 0.2) is 0 Å². The van der Waals surface area contributed by atoms with E-state index < -0.39 is 0 Å². The average Bonchev–Trinajstić information content (AvgIpc) is 2.48. The Bertz CT molecular complexity index is 824. The number of pyridine rings is 1. The van der Waals surface area contributed by atoms with Crippen molar-refractivity contribution in [3.05, 3.63) is 71.4 Å². The number of aromatic nitrogens is 1. The van der Waals surface area contributed by atoms with Crippen molar-refractivity contribution in [2.45, 2.75) is 13.8 Å². The molecule has 3 heteroatoms. The van der Waals surface area contributed by atoms with E-state index in [1.807, 2.05) is 62.4 Å². The quantitative estimate of drug-likeness (QED) is 0.765. The molecule has 1 heterocycles. The van der Waals surface area contributed by atoms with E-state index in [-0.39, 0.29) is 5.91 Å². The summed E-state index contributed by atoms with van der Waals surface area (Å²) in [6, 6.07) is 15.4. The number of hydrogen-bond donors (Lipinski definition) is 1. The van der Waals surface area contributed by atoms with Crippen molar-refractivity contribution in [2.75, 3.05) is 5.32 Å². The largest absolute Gasteiger partial charge is 0.321 e. The molecule has 3 aromatic rings. The van der Waals surface area contributed by atoms with Gasteiger partial charge in [0.1, 0.15) is 0 Å². The molecule has 0 aliphatic rings. The summed E-state index contributed by atoms with van der Waals surface area (Å²) in [6.07, 6.45) is 1.71. The lowest BCUT2D eigenvalue weighted by Gasteiger charge is -2.09. The second-order valence-corrected chi connectivity index (χ2v) is 5.20. The molecular weight excluding hydrogens is 260 g/mol. The minimum atomic E-state index is -0.104. The predicted octanol–water partition coefficient (Wildman–Crippen LogP) is 4.10. The highest BCUT2D eigenvalue weighted by Crippen LogP contribution is 2.23. The lowest BCUT2D eigenvalue weighted by molar-refractivity contribution is 0.102. The van der Waals surface area contributed by atoms with Crippen molar-refractivity contribution < 1.29 is 4.79 Å². The second kappa shape index (κ2) is 5.37. The third-order valence-corrected chi connectivity index (χ3v) is 3.43. The Hall–Kier alpha value is -2.68. The fourth-order valence-corrected chi connectivity index (χ4v) is 2.35. The zero-order valence-corrected chi connectivity index (χ0v) is 12.1. The van der Waals surface area contributed by atoms with E-state index >= 15 is 0 Å². The Morgan fingerprint density at radius 1 is 1.00 bits per heavy atom. The summed E-state index contributed by atoms with van der Waals surface area (Å²) >= 11 is 0. The van der Waals surface area contributed by atoms with Gasteiger partial charge < -0.3 is 5.32 Å². The van der Waals surface area contributed by atoms with Crippen molar-refractivity contribution in [3.8, 4) is 0 Å². The average molecular weight is 276 g/mol. The van der Waals surface area contributed by atoms with Crippen LogP contribution in [0.5, 0.6) is 0 Å². The highest BCUT2D eigenvalue weighted by Gasteiger charge is 2.09. The van der Waals surface area contributed by atoms with E-state index in [1.54, 1.807) is 6.20 Å². The first-order valence-corrected chi connectivity index (χ1v) is 6.87. The Labute approximate surface area is 123 Å². The van der Waals surface area contributed by atoms with Gasteiger partial charge in [0.25, 0.3) is 5.91 Å². The molecule has 0 atom stereocenters. The summed E-state index contributed by atoms with van der Waals surface area (Å²) in [5.41, 5.74) is 4.53. The normalized spacial score (nSPS) is 10.6. The smallest absolute Gasteiger partial charge is 0.255 e. The first-order valence-electron chi connectivity index (χ1n) is 6.87. The highest BCUT2D eigenvalue weighted by atomic mass is 16.1. The first-order chi connectivity index (χ1) is 10.1. The number of amides is 1.